The number of imidazole rings is 1. The molecule has 5 heteroatoms. The van der Waals surface area contributed by atoms with Gasteiger partial charge in [0.25, 0.3) is 0 Å². The van der Waals surface area contributed by atoms with Gasteiger partial charge in [0.05, 0.1) is 13.5 Å². The van der Waals surface area contributed by atoms with Gasteiger partial charge in [-0.05, 0) is 12.1 Å². The van der Waals surface area contributed by atoms with Crippen LogP contribution in [0.5, 0.6) is 5.88 Å². The first kappa shape index (κ1) is 10.5. The molecule has 0 radical (unpaired) electrons. The van der Waals surface area contributed by atoms with Crippen LogP contribution in [0.25, 0.3) is 5.65 Å². The number of fused-ring (bicyclic) bond motifs is 1. The zero-order chi connectivity index (χ0) is 11.5. The number of nitrogens with zero attached hydrogens (tertiary/aromatic N) is 2. The lowest BCUT2D eigenvalue weighted by Crippen LogP contribution is -2.02. The summed E-state index contributed by atoms with van der Waals surface area (Å²) in [4.78, 5) is 14.7. The van der Waals surface area contributed by atoms with Crippen LogP contribution in [0.3, 0.4) is 0 Å². The Morgan fingerprint density at radius 1 is 1.56 bits per heavy atom. The minimum absolute atomic E-state index is 0.0891. The maximum Gasteiger partial charge on any atom is 0.303 e. The normalized spacial score (nSPS) is 10.6. The van der Waals surface area contributed by atoms with Gasteiger partial charge in [0.15, 0.2) is 5.88 Å². The van der Waals surface area contributed by atoms with E-state index in [0.717, 1.165) is 11.3 Å². The average molecular weight is 220 g/mol. The third-order valence-electron chi connectivity index (χ3n) is 2.37. The molecule has 2 aromatic heterocycles. The average Bonchev–Trinajstić information content (AvgIpc) is 2.69. The summed E-state index contributed by atoms with van der Waals surface area (Å²) in [6, 6.07) is 5.52. The molecule has 0 aromatic carbocycles. The molecular formula is C11H12N2O3. The van der Waals surface area contributed by atoms with Crippen LogP contribution in [-0.2, 0) is 11.2 Å². The highest BCUT2D eigenvalue weighted by atomic mass is 16.5. The number of ether oxygens (including phenoxy) is 1. The molecule has 1 N–H and O–H groups in total. The van der Waals surface area contributed by atoms with Gasteiger partial charge in [-0.1, -0.05) is 6.07 Å². The summed E-state index contributed by atoms with van der Waals surface area (Å²) in [5.41, 5.74) is 1.61. The smallest absolute Gasteiger partial charge is 0.303 e. The van der Waals surface area contributed by atoms with Crippen molar-refractivity contribution >= 4 is 11.6 Å². The molecule has 0 saturated carbocycles. The Labute approximate surface area is 92.3 Å². The van der Waals surface area contributed by atoms with E-state index in [0.29, 0.717) is 12.3 Å². The summed E-state index contributed by atoms with van der Waals surface area (Å²) < 4.78 is 7.03. The van der Waals surface area contributed by atoms with E-state index in [1.807, 2.05) is 22.6 Å². The van der Waals surface area contributed by atoms with Gasteiger partial charge < -0.3 is 9.84 Å². The third kappa shape index (κ3) is 1.84. The molecule has 0 atom stereocenters. The van der Waals surface area contributed by atoms with Gasteiger partial charge in [-0.25, -0.2) is 4.98 Å². The van der Waals surface area contributed by atoms with Crippen LogP contribution in [0, 0.1) is 0 Å². The van der Waals surface area contributed by atoms with Gasteiger partial charge in [0.2, 0.25) is 0 Å². The second-order valence-corrected chi connectivity index (χ2v) is 3.41. The lowest BCUT2D eigenvalue weighted by Gasteiger charge is -2.06. The SMILES string of the molecule is COc1cccc2ncc(CCC(=O)O)n12. The molecule has 0 bridgehead atoms. The van der Waals surface area contributed by atoms with Crippen molar-refractivity contribution in [3.05, 3.63) is 30.1 Å². The number of rotatable bonds is 4. The van der Waals surface area contributed by atoms with Crippen molar-refractivity contribution in [3.8, 4) is 5.88 Å². The number of methoxy groups -OCH3 is 1. The summed E-state index contributed by atoms with van der Waals surface area (Å²) in [5.74, 6) is -0.153. The molecule has 2 aromatic rings. The minimum Gasteiger partial charge on any atom is -0.482 e. The summed E-state index contributed by atoms with van der Waals surface area (Å²) in [6.07, 6.45) is 2.21. The number of aryl methyl sites for hydroxylation is 1. The molecule has 0 saturated heterocycles. The lowest BCUT2D eigenvalue weighted by molar-refractivity contribution is -0.136. The van der Waals surface area contributed by atoms with Crippen LogP contribution in [0.1, 0.15) is 12.1 Å². The van der Waals surface area contributed by atoms with E-state index in [-0.39, 0.29) is 6.42 Å². The third-order valence-corrected chi connectivity index (χ3v) is 2.37. The van der Waals surface area contributed by atoms with Crippen LogP contribution >= 0.6 is 0 Å². The van der Waals surface area contributed by atoms with Crippen LogP contribution in [-0.4, -0.2) is 27.6 Å². The fourth-order valence-corrected chi connectivity index (χ4v) is 1.64. The van der Waals surface area contributed by atoms with Gasteiger partial charge in [-0.2, -0.15) is 0 Å². The predicted octanol–water partition coefficient (Wildman–Crippen LogP) is 1.36. The molecule has 0 aliphatic heterocycles. The summed E-state index contributed by atoms with van der Waals surface area (Å²) in [6.45, 7) is 0. The first-order chi connectivity index (χ1) is 7.72. The van der Waals surface area contributed by atoms with Crippen molar-refractivity contribution in [3.63, 3.8) is 0 Å². The molecule has 0 aliphatic rings. The fourth-order valence-electron chi connectivity index (χ4n) is 1.64. The number of carbonyl (C=O) groups is 1. The topological polar surface area (TPSA) is 63.8 Å². The van der Waals surface area contributed by atoms with Crippen LogP contribution in [0.4, 0.5) is 0 Å². The molecular weight excluding hydrogens is 208 g/mol. The Morgan fingerprint density at radius 3 is 3.06 bits per heavy atom. The van der Waals surface area contributed by atoms with E-state index in [1.54, 1.807) is 13.3 Å². The van der Waals surface area contributed by atoms with Gasteiger partial charge in [-0.3, -0.25) is 9.20 Å². The second-order valence-electron chi connectivity index (χ2n) is 3.41. The Hall–Kier alpha value is -2.04. The largest absolute Gasteiger partial charge is 0.482 e. The first-order valence-corrected chi connectivity index (χ1v) is 4.93. The standard InChI is InChI=1S/C11H12N2O3/c1-16-10-4-2-3-9-12-7-8(13(9)10)5-6-11(14)15/h2-4,7H,5-6H2,1H3,(H,14,15). The van der Waals surface area contributed by atoms with E-state index in [2.05, 4.69) is 4.98 Å². The van der Waals surface area contributed by atoms with Gasteiger partial charge in [0, 0.05) is 18.3 Å². The highest BCUT2D eigenvalue weighted by molar-refractivity contribution is 5.67. The van der Waals surface area contributed by atoms with Gasteiger partial charge in [0.1, 0.15) is 5.65 Å². The number of carboxylic acid groups (broad SMARTS) is 1. The Kier molecular flexibility index (Phi) is 2.76. The number of aliphatic carboxylic acids is 1. The summed E-state index contributed by atoms with van der Waals surface area (Å²) in [7, 11) is 1.58. The quantitative estimate of drug-likeness (QED) is 0.845. The van der Waals surface area contributed by atoms with E-state index in [1.165, 1.54) is 0 Å². The van der Waals surface area contributed by atoms with Crippen LogP contribution in [0.15, 0.2) is 24.4 Å². The van der Waals surface area contributed by atoms with Gasteiger partial charge >= 0.3 is 5.97 Å². The van der Waals surface area contributed by atoms with Crippen molar-refractivity contribution < 1.29 is 14.6 Å². The van der Waals surface area contributed by atoms with E-state index < -0.39 is 5.97 Å². The lowest BCUT2D eigenvalue weighted by atomic mass is 10.2. The first-order valence-electron chi connectivity index (χ1n) is 4.93. The molecule has 5 nitrogen and oxygen atoms in total. The van der Waals surface area contributed by atoms with Crippen molar-refractivity contribution in [2.75, 3.05) is 7.11 Å². The molecule has 84 valence electrons. The highest BCUT2D eigenvalue weighted by Crippen LogP contribution is 2.17. The number of carboxylic acids is 1. The molecule has 0 fully saturated rings. The van der Waals surface area contributed by atoms with E-state index >= 15 is 0 Å². The molecule has 0 spiro atoms. The number of pyridine rings is 1. The number of hydrogen-bond donors (Lipinski definition) is 1. The minimum atomic E-state index is -0.815. The fraction of sp³-hybridized carbons (Fsp3) is 0.273. The molecule has 0 amide bonds. The molecule has 0 aliphatic carbocycles. The Bertz CT molecular complexity index is 519. The zero-order valence-electron chi connectivity index (χ0n) is 8.88. The Balaban J connectivity index is 2.41. The maximum absolute atomic E-state index is 10.5. The maximum atomic E-state index is 10.5. The van der Waals surface area contributed by atoms with Crippen molar-refractivity contribution in [2.45, 2.75) is 12.8 Å². The van der Waals surface area contributed by atoms with Crippen molar-refractivity contribution in [1.82, 2.24) is 9.38 Å². The van der Waals surface area contributed by atoms with E-state index in [9.17, 15) is 4.79 Å². The predicted molar refractivity (Wildman–Crippen MR) is 57.7 cm³/mol. The monoisotopic (exact) mass is 220 g/mol. The van der Waals surface area contributed by atoms with Crippen molar-refractivity contribution in [1.29, 1.82) is 0 Å². The molecule has 2 heterocycles. The molecule has 16 heavy (non-hydrogen) atoms. The summed E-state index contributed by atoms with van der Waals surface area (Å²) in [5, 5.41) is 8.65. The zero-order valence-corrected chi connectivity index (χ0v) is 8.88. The number of aromatic nitrogens is 2. The second kappa shape index (κ2) is 4.22. The van der Waals surface area contributed by atoms with Crippen molar-refractivity contribution in [2.24, 2.45) is 0 Å². The van der Waals surface area contributed by atoms with Crippen LogP contribution in [0.2, 0.25) is 0 Å². The highest BCUT2D eigenvalue weighted by Gasteiger charge is 2.08. The molecule has 0 unspecified atom stereocenters. The summed E-state index contributed by atoms with van der Waals surface area (Å²) >= 11 is 0. The molecule has 2 rings (SSSR count). The van der Waals surface area contributed by atoms with Crippen LogP contribution < -0.4 is 4.74 Å². The van der Waals surface area contributed by atoms with E-state index in [4.69, 9.17) is 9.84 Å². The van der Waals surface area contributed by atoms with Gasteiger partial charge in [-0.15, -0.1) is 0 Å². The Morgan fingerprint density at radius 2 is 2.38 bits per heavy atom. The number of hydrogen-bond acceptors (Lipinski definition) is 3.